The van der Waals surface area contributed by atoms with Crippen molar-refractivity contribution in [1.29, 1.82) is 0 Å². The van der Waals surface area contributed by atoms with E-state index >= 15 is 0 Å². The van der Waals surface area contributed by atoms with E-state index in [1.165, 1.54) is 44.9 Å². The highest BCUT2D eigenvalue weighted by molar-refractivity contribution is 9.09. The Kier molecular flexibility index (Phi) is 8.74. The Morgan fingerprint density at radius 1 is 1.06 bits per heavy atom. The van der Waals surface area contributed by atoms with Crippen molar-refractivity contribution in [1.82, 2.24) is 5.32 Å². The Bertz CT molecular complexity index is 225. The number of carbonyl (C=O) groups is 1. The number of amides is 1. The molecular weight excluding hydrogens is 290 g/mol. The van der Waals surface area contributed by atoms with E-state index in [0.29, 0.717) is 10.9 Å². The molecule has 0 bridgehead atoms. The molecule has 18 heavy (non-hydrogen) atoms. The van der Waals surface area contributed by atoms with Gasteiger partial charge in [0.25, 0.3) is 0 Å². The molecule has 0 aromatic carbocycles. The van der Waals surface area contributed by atoms with Crippen LogP contribution >= 0.6 is 15.9 Å². The molecule has 1 saturated carbocycles. The van der Waals surface area contributed by atoms with Crippen LogP contribution in [0.3, 0.4) is 0 Å². The molecule has 0 aliphatic heterocycles. The van der Waals surface area contributed by atoms with E-state index in [0.717, 1.165) is 25.7 Å². The van der Waals surface area contributed by atoms with E-state index < -0.39 is 0 Å². The Labute approximate surface area is 120 Å². The van der Waals surface area contributed by atoms with Crippen LogP contribution in [0.4, 0.5) is 0 Å². The van der Waals surface area contributed by atoms with Crippen molar-refractivity contribution in [2.75, 3.05) is 0 Å². The number of carbonyl (C=O) groups excluding carboxylic acids is 1. The number of nitrogens with one attached hydrogen (secondary N) is 1. The molecule has 0 saturated heterocycles. The van der Waals surface area contributed by atoms with Crippen LogP contribution < -0.4 is 5.32 Å². The second-order valence-electron chi connectivity index (χ2n) is 5.53. The van der Waals surface area contributed by atoms with Gasteiger partial charge < -0.3 is 5.32 Å². The van der Waals surface area contributed by atoms with E-state index in [9.17, 15) is 4.79 Å². The second kappa shape index (κ2) is 9.82. The van der Waals surface area contributed by atoms with Gasteiger partial charge in [0, 0.05) is 17.3 Å². The highest BCUT2D eigenvalue weighted by atomic mass is 79.9. The van der Waals surface area contributed by atoms with Crippen LogP contribution in [-0.2, 0) is 4.79 Å². The first-order valence-electron chi connectivity index (χ1n) is 7.65. The first-order chi connectivity index (χ1) is 8.72. The van der Waals surface area contributed by atoms with E-state index in [1.54, 1.807) is 0 Å². The molecule has 0 radical (unpaired) electrons. The monoisotopic (exact) mass is 317 g/mol. The fraction of sp³-hybridized carbons (Fsp3) is 0.933. The largest absolute Gasteiger partial charge is 0.353 e. The maximum absolute atomic E-state index is 11.8. The molecule has 1 aliphatic rings. The number of alkyl halides is 1. The molecule has 0 unspecified atom stereocenters. The van der Waals surface area contributed by atoms with E-state index in [4.69, 9.17) is 0 Å². The van der Waals surface area contributed by atoms with Crippen molar-refractivity contribution in [2.24, 2.45) is 0 Å². The summed E-state index contributed by atoms with van der Waals surface area (Å²) >= 11 is 3.64. The third-order valence-electron chi connectivity index (χ3n) is 3.78. The van der Waals surface area contributed by atoms with Crippen LogP contribution in [-0.4, -0.2) is 16.8 Å². The zero-order valence-corrected chi connectivity index (χ0v) is 13.3. The van der Waals surface area contributed by atoms with Crippen LogP contribution in [0.5, 0.6) is 0 Å². The lowest BCUT2D eigenvalue weighted by Crippen LogP contribution is -2.37. The molecule has 0 aromatic rings. The second-order valence-corrected chi connectivity index (χ2v) is 6.83. The topological polar surface area (TPSA) is 29.1 Å². The van der Waals surface area contributed by atoms with Crippen LogP contribution in [0.2, 0.25) is 0 Å². The molecular formula is C15H28BrNO. The molecule has 2 nitrogen and oxygen atoms in total. The van der Waals surface area contributed by atoms with E-state index in [1.807, 2.05) is 0 Å². The fourth-order valence-corrected chi connectivity index (χ4v) is 3.09. The molecule has 0 atom stereocenters. The lowest BCUT2D eigenvalue weighted by Gasteiger charge is -2.26. The van der Waals surface area contributed by atoms with Crippen molar-refractivity contribution >= 4 is 21.8 Å². The molecule has 1 amide bonds. The molecule has 0 spiro atoms. The molecule has 1 N–H and O–H groups in total. The van der Waals surface area contributed by atoms with Gasteiger partial charge in [0.15, 0.2) is 0 Å². The van der Waals surface area contributed by atoms with Crippen molar-refractivity contribution < 1.29 is 4.79 Å². The SMILES string of the molecule is CCCCCCCCC(=O)NC1CCC(Br)CC1. The van der Waals surface area contributed by atoms with Crippen molar-refractivity contribution in [3.8, 4) is 0 Å². The summed E-state index contributed by atoms with van der Waals surface area (Å²) in [6.07, 6.45) is 12.9. The summed E-state index contributed by atoms with van der Waals surface area (Å²) in [7, 11) is 0. The summed E-state index contributed by atoms with van der Waals surface area (Å²) < 4.78 is 0. The number of hydrogen-bond donors (Lipinski definition) is 1. The summed E-state index contributed by atoms with van der Waals surface area (Å²) in [6, 6.07) is 0.436. The zero-order chi connectivity index (χ0) is 13.2. The minimum absolute atomic E-state index is 0.267. The van der Waals surface area contributed by atoms with Gasteiger partial charge in [-0.25, -0.2) is 0 Å². The van der Waals surface area contributed by atoms with Crippen molar-refractivity contribution in [3.63, 3.8) is 0 Å². The van der Waals surface area contributed by atoms with Crippen LogP contribution in [0.25, 0.3) is 0 Å². The highest BCUT2D eigenvalue weighted by Gasteiger charge is 2.20. The van der Waals surface area contributed by atoms with Gasteiger partial charge in [0.1, 0.15) is 0 Å². The normalized spacial score (nSPS) is 23.9. The summed E-state index contributed by atoms with van der Waals surface area (Å²) in [5.41, 5.74) is 0. The maximum atomic E-state index is 11.8. The molecule has 1 aliphatic carbocycles. The number of hydrogen-bond acceptors (Lipinski definition) is 1. The van der Waals surface area contributed by atoms with Gasteiger partial charge in [-0.05, 0) is 32.1 Å². The van der Waals surface area contributed by atoms with Gasteiger partial charge in [-0.1, -0.05) is 55.0 Å². The summed E-state index contributed by atoms with van der Waals surface area (Å²) in [5, 5.41) is 3.18. The van der Waals surface area contributed by atoms with Gasteiger partial charge >= 0.3 is 0 Å². The first-order valence-corrected chi connectivity index (χ1v) is 8.57. The molecule has 106 valence electrons. The Morgan fingerprint density at radius 3 is 2.33 bits per heavy atom. The molecule has 1 fully saturated rings. The number of rotatable bonds is 8. The molecule has 0 heterocycles. The lowest BCUT2D eigenvalue weighted by atomic mass is 9.95. The minimum atomic E-state index is 0.267. The summed E-state index contributed by atoms with van der Waals surface area (Å²) in [4.78, 5) is 12.4. The lowest BCUT2D eigenvalue weighted by molar-refractivity contribution is -0.122. The Hall–Kier alpha value is -0.0500. The highest BCUT2D eigenvalue weighted by Crippen LogP contribution is 2.24. The predicted molar refractivity (Wildman–Crippen MR) is 81.1 cm³/mol. The standard InChI is InChI=1S/C15H28BrNO/c1-2-3-4-5-6-7-8-15(18)17-14-11-9-13(16)10-12-14/h13-14H,2-12H2,1H3,(H,17,18). The Balaban J connectivity index is 1.97. The smallest absolute Gasteiger partial charge is 0.220 e. The first kappa shape index (κ1) is 16.0. The van der Waals surface area contributed by atoms with E-state index in [2.05, 4.69) is 28.2 Å². The van der Waals surface area contributed by atoms with Crippen LogP contribution in [0.1, 0.15) is 77.6 Å². The number of unbranched alkanes of at least 4 members (excludes halogenated alkanes) is 5. The van der Waals surface area contributed by atoms with Crippen molar-refractivity contribution in [3.05, 3.63) is 0 Å². The summed E-state index contributed by atoms with van der Waals surface area (Å²) in [5.74, 6) is 0.267. The number of halogens is 1. The third kappa shape index (κ3) is 7.40. The molecule has 3 heteroatoms. The van der Waals surface area contributed by atoms with Gasteiger partial charge in [0.2, 0.25) is 5.91 Å². The van der Waals surface area contributed by atoms with E-state index in [-0.39, 0.29) is 5.91 Å². The molecule has 1 rings (SSSR count). The van der Waals surface area contributed by atoms with Gasteiger partial charge in [0.05, 0.1) is 0 Å². The predicted octanol–water partition coefficient (Wildman–Crippen LogP) is 4.56. The third-order valence-corrected chi connectivity index (χ3v) is 4.69. The van der Waals surface area contributed by atoms with Crippen molar-refractivity contribution in [2.45, 2.75) is 88.4 Å². The fourth-order valence-electron chi connectivity index (χ4n) is 2.56. The Morgan fingerprint density at radius 2 is 1.67 bits per heavy atom. The van der Waals surface area contributed by atoms with Gasteiger partial charge in [-0.3, -0.25) is 4.79 Å². The minimum Gasteiger partial charge on any atom is -0.353 e. The van der Waals surface area contributed by atoms with Crippen LogP contribution in [0, 0.1) is 0 Å². The summed E-state index contributed by atoms with van der Waals surface area (Å²) in [6.45, 7) is 2.23. The molecule has 0 aromatic heterocycles. The average molecular weight is 318 g/mol. The zero-order valence-electron chi connectivity index (χ0n) is 11.7. The average Bonchev–Trinajstić information content (AvgIpc) is 2.36. The van der Waals surface area contributed by atoms with Gasteiger partial charge in [-0.2, -0.15) is 0 Å². The quantitative estimate of drug-likeness (QED) is 0.516. The van der Waals surface area contributed by atoms with Crippen LogP contribution in [0.15, 0.2) is 0 Å². The van der Waals surface area contributed by atoms with Gasteiger partial charge in [-0.15, -0.1) is 0 Å². The maximum Gasteiger partial charge on any atom is 0.220 e.